The summed E-state index contributed by atoms with van der Waals surface area (Å²) in [6.07, 6.45) is 1.92. The predicted octanol–water partition coefficient (Wildman–Crippen LogP) is 1.33. The molecule has 0 saturated heterocycles. The zero-order valence-corrected chi connectivity index (χ0v) is 11.5. The fourth-order valence-corrected chi connectivity index (χ4v) is 1.66. The van der Waals surface area contributed by atoms with Crippen molar-refractivity contribution in [3.05, 3.63) is 48.6 Å². The minimum Gasteiger partial charge on any atom is -0.391 e. The second-order valence-corrected chi connectivity index (χ2v) is 4.23. The Morgan fingerprint density at radius 2 is 2.11 bits per heavy atom. The van der Waals surface area contributed by atoms with Crippen LogP contribution in [0.4, 0.5) is 0 Å². The highest BCUT2D eigenvalue weighted by atomic mass is 16.3. The summed E-state index contributed by atoms with van der Waals surface area (Å²) in [4.78, 5) is 4.34. The zero-order valence-electron chi connectivity index (χ0n) is 11.5. The first kappa shape index (κ1) is 15.2. The number of guanidine groups is 1. The molecule has 0 aliphatic carbocycles. The van der Waals surface area contributed by atoms with Gasteiger partial charge in [0.2, 0.25) is 0 Å². The van der Waals surface area contributed by atoms with Crippen molar-refractivity contribution in [1.82, 2.24) is 10.6 Å². The van der Waals surface area contributed by atoms with Crippen molar-refractivity contribution in [1.29, 1.82) is 0 Å². The number of hydrogen-bond donors (Lipinski definition) is 3. The number of aliphatic imine (C=N–C) groups is 1. The smallest absolute Gasteiger partial charge is 0.191 e. The Hall–Kier alpha value is -1.81. The maximum absolute atomic E-state index is 9.96. The molecule has 0 aliphatic heterocycles. The van der Waals surface area contributed by atoms with Gasteiger partial charge in [0, 0.05) is 19.5 Å². The first-order valence-corrected chi connectivity index (χ1v) is 6.61. The van der Waals surface area contributed by atoms with Crippen molar-refractivity contribution < 1.29 is 5.11 Å². The average Bonchev–Trinajstić information content (AvgIpc) is 2.43. The fourth-order valence-electron chi connectivity index (χ4n) is 1.66. The molecule has 1 rings (SSSR count). The van der Waals surface area contributed by atoms with E-state index in [9.17, 15) is 5.11 Å². The number of hydrogen-bond acceptors (Lipinski definition) is 2. The molecule has 0 amide bonds. The van der Waals surface area contributed by atoms with Crippen molar-refractivity contribution in [2.45, 2.75) is 19.4 Å². The van der Waals surface area contributed by atoms with E-state index in [0.717, 1.165) is 12.1 Å². The van der Waals surface area contributed by atoms with Crippen LogP contribution < -0.4 is 10.6 Å². The Morgan fingerprint density at radius 1 is 1.37 bits per heavy atom. The van der Waals surface area contributed by atoms with Gasteiger partial charge in [0.25, 0.3) is 0 Å². The van der Waals surface area contributed by atoms with Gasteiger partial charge in [0.15, 0.2) is 5.96 Å². The second-order valence-electron chi connectivity index (χ2n) is 4.23. The molecule has 0 fully saturated rings. The molecule has 0 saturated carbocycles. The Bertz CT molecular complexity index is 390. The van der Waals surface area contributed by atoms with E-state index in [2.05, 4.69) is 22.2 Å². The summed E-state index contributed by atoms with van der Waals surface area (Å²) in [5.74, 6) is 0.703. The highest BCUT2D eigenvalue weighted by Gasteiger charge is 2.05. The summed E-state index contributed by atoms with van der Waals surface area (Å²) in [5.41, 5.74) is 1.12. The van der Waals surface area contributed by atoms with Crippen LogP contribution in [0.1, 0.15) is 12.5 Å². The monoisotopic (exact) mass is 261 g/mol. The molecule has 4 nitrogen and oxygen atoms in total. The van der Waals surface area contributed by atoms with Crippen molar-refractivity contribution in [3.8, 4) is 0 Å². The third kappa shape index (κ3) is 6.62. The van der Waals surface area contributed by atoms with Gasteiger partial charge in [-0.15, -0.1) is 6.58 Å². The number of nitrogens with one attached hydrogen (secondary N) is 2. The van der Waals surface area contributed by atoms with Crippen LogP contribution in [0.2, 0.25) is 0 Å². The molecular weight excluding hydrogens is 238 g/mol. The van der Waals surface area contributed by atoms with E-state index in [1.54, 1.807) is 6.08 Å². The van der Waals surface area contributed by atoms with E-state index < -0.39 is 6.10 Å². The third-order valence-electron chi connectivity index (χ3n) is 2.53. The molecular formula is C15H23N3O. The van der Waals surface area contributed by atoms with Gasteiger partial charge in [0.05, 0.1) is 12.6 Å². The highest BCUT2D eigenvalue weighted by Crippen LogP contribution is 2.03. The lowest BCUT2D eigenvalue weighted by Gasteiger charge is -2.12. The number of rotatable bonds is 7. The fraction of sp³-hybridized carbons (Fsp3) is 0.400. The SMILES string of the molecule is C=CCNC(=NCC(O)Cc1ccccc1)NCC. The highest BCUT2D eigenvalue weighted by molar-refractivity contribution is 5.79. The number of nitrogens with zero attached hydrogens (tertiary/aromatic N) is 1. The van der Waals surface area contributed by atoms with Gasteiger partial charge >= 0.3 is 0 Å². The standard InChI is InChI=1S/C15H23N3O/c1-3-10-17-15(16-4-2)18-12-14(19)11-13-8-6-5-7-9-13/h3,5-9,14,19H,1,4,10-12H2,2H3,(H2,16,17,18). The molecule has 0 radical (unpaired) electrons. The van der Waals surface area contributed by atoms with Gasteiger partial charge in [-0.1, -0.05) is 36.4 Å². The normalized spacial score (nSPS) is 12.8. The summed E-state index contributed by atoms with van der Waals surface area (Å²) in [5, 5.41) is 16.2. The molecule has 1 atom stereocenters. The lowest BCUT2D eigenvalue weighted by Crippen LogP contribution is -2.38. The Balaban J connectivity index is 2.44. The van der Waals surface area contributed by atoms with Crippen LogP contribution in [0.3, 0.4) is 0 Å². The van der Waals surface area contributed by atoms with E-state index in [-0.39, 0.29) is 0 Å². The van der Waals surface area contributed by atoms with Gasteiger partial charge in [-0.3, -0.25) is 4.99 Å². The van der Waals surface area contributed by atoms with Gasteiger partial charge in [-0.2, -0.15) is 0 Å². The summed E-state index contributed by atoms with van der Waals surface area (Å²) < 4.78 is 0. The first-order chi connectivity index (χ1) is 9.26. The molecule has 0 aliphatic rings. The maximum atomic E-state index is 9.96. The van der Waals surface area contributed by atoms with Crippen LogP contribution in [0.5, 0.6) is 0 Å². The van der Waals surface area contributed by atoms with Crippen LogP contribution >= 0.6 is 0 Å². The van der Waals surface area contributed by atoms with Gasteiger partial charge in [0.1, 0.15) is 0 Å². The summed E-state index contributed by atoms with van der Waals surface area (Å²) in [7, 11) is 0. The van der Waals surface area contributed by atoms with Crippen molar-refractivity contribution in [2.24, 2.45) is 4.99 Å². The van der Waals surface area contributed by atoms with Gasteiger partial charge in [-0.25, -0.2) is 0 Å². The minimum absolute atomic E-state index is 0.376. The largest absolute Gasteiger partial charge is 0.391 e. The number of aliphatic hydroxyl groups is 1. The topological polar surface area (TPSA) is 56.7 Å². The third-order valence-corrected chi connectivity index (χ3v) is 2.53. The Kier molecular flexibility index (Phi) is 7.35. The van der Waals surface area contributed by atoms with Crippen LogP contribution in [0.25, 0.3) is 0 Å². The van der Waals surface area contributed by atoms with Crippen LogP contribution in [0.15, 0.2) is 48.0 Å². The van der Waals surface area contributed by atoms with E-state index in [1.165, 1.54) is 0 Å². The van der Waals surface area contributed by atoms with E-state index >= 15 is 0 Å². The molecule has 19 heavy (non-hydrogen) atoms. The molecule has 1 aromatic carbocycles. The zero-order chi connectivity index (χ0) is 13.9. The average molecular weight is 261 g/mol. The van der Waals surface area contributed by atoms with Crippen molar-refractivity contribution in [2.75, 3.05) is 19.6 Å². The van der Waals surface area contributed by atoms with Crippen LogP contribution in [0, 0.1) is 0 Å². The Morgan fingerprint density at radius 3 is 2.74 bits per heavy atom. The molecule has 1 aromatic rings. The van der Waals surface area contributed by atoms with Crippen molar-refractivity contribution >= 4 is 5.96 Å². The quantitative estimate of drug-likeness (QED) is 0.394. The summed E-state index contributed by atoms with van der Waals surface area (Å²) >= 11 is 0. The lowest BCUT2D eigenvalue weighted by molar-refractivity contribution is 0.183. The molecule has 0 heterocycles. The number of benzene rings is 1. The predicted molar refractivity (Wildman–Crippen MR) is 80.3 cm³/mol. The summed E-state index contributed by atoms with van der Waals surface area (Å²) in [6, 6.07) is 9.93. The van der Waals surface area contributed by atoms with Crippen LogP contribution in [-0.2, 0) is 6.42 Å². The van der Waals surface area contributed by atoms with Gasteiger partial charge in [-0.05, 0) is 12.5 Å². The lowest BCUT2D eigenvalue weighted by atomic mass is 10.1. The summed E-state index contributed by atoms with van der Waals surface area (Å²) in [6.45, 7) is 7.47. The molecule has 0 aromatic heterocycles. The number of aliphatic hydroxyl groups excluding tert-OH is 1. The van der Waals surface area contributed by atoms with E-state index in [1.807, 2.05) is 37.3 Å². The molecule has 3 N–H and O–H groups in total. The maximum Gasteiger partial charge on any atom is 0.191 e. The van der Waals surface area contributed by atoms with E-state index in [0.29, 0.717) is 25.5 Å². The molecule has 0 bridgehead atoms. The van der Waals surface area contributed by atoms with Gasteiger partial charge < -0.3 is 15.7 Å². The minimum atomic E-state index is -0.471. The first-order valence-electron chi connectivity index (χ1n) is 6.61. The Labute approximate surface area is 115 Å². The second kappa shape index (κ2) is 9.16. The van der Waals surface area contributed by atoms with E-state index in [4.69, 9.17) is 0 Å². The van der Waals surface area contributed by atoms with Crippen LogP contribution in [-0.4, -0.2) is 36.8 Å². The van der Waals surface area contributed by atoms with Crippen molar-refractivity contribution in [3.63, 3.8) is 0 Å². The molecule has 0 spiro atoms. The molecule has 104 valence electrons. The molecule has 4 heteroatoms. The molecule has 1 unspecified atom stereocenters.